The van der Waals surface area contributed by atoms with Crippen molar-refractivity contribution in [2.75, 3.05) is 13.2 Å². The zero-order valence-corrected chi connectivity index (χ0v) is 8.99. The van der Waals surface area contributed by atoms with Gasteiger partial charge in [0.1, 0.15) is 5.82 Å². The summed E-state index contributed by atoms with van der Waals surface area (Å²) < 4.78 is 7.43. The predicted molar refractivity (Wildman–Crippen MR) is 56.0 cm³/mol. The van der Waals surface area contributed by atoms with Crippen LogP contribution in [0.5, 0.6) is 0 Å². The summed E-state index contributed by atoms with van der Waals surface area (Å²) in [5, 5.41) is 0. The molecular weight excluding hydrogens is 178 g/mol. The number of aryl methyl sites for hydroxylation is 1. The van der Waals surface area contributed by atoms with E-state index in [2.05, 4.69) is 9.55 Å². The van der Waals surface area contributed by atoms with E-state index in [1.807, 2.05) is 20.0 Å². The fourth-order valence-corrected chi connectivity index (χ4v) is 1.45. The van der Waals surface area contributed by atoms with Crippen LogP contribution in [0.2, 0.25) is 0 Å². The molecule has 80 valence electrons. The third-order valence-corrected chi connectivity index (χ3v) is 2.22. The molecule has 0 spiro atoms. The van der Waals surface area contributed by atoms with Crippen molar-refractivity contribution in [3.63, 3.8) is 0 Å². The Labute approximate surface area is 85.1 Å². The molecule has 4 heteroatoms. The van der Waals surface area contributed by atoms with Gasteiger partial charge in [-0.15, -0.1) is 0 Å². The quantitative estimate of drug-likeness (QED) is 0.694. The van der Waals surface area contributed by atoms with Crippen LogP contribution in [0.25, 0.3) is 0 Å². The fourth-order valence-electron chi connectivity index (χ4n) is 1.45. The van der Waals surface area contributed by atoms with Crippen molar-refractivity contribution >= 4 is 0 Å². The number of aromatic nitrogens is 2. The number of nitrogens with zero attached hydrogens (tertiary/aromatic N) is 2. The molecule has 1 aromatic heterocycles. The molecule has 4 nitrogen and oxygen atoms in total. The van der Waals surface area contributed by atoms with Crippen molar-refractivity contribution in [1.82, 2.24) is 9.55 Å². The minimum absolute atomic E-state index is 0.551. The number of rotatable bonds is 6. The summed E-state index contributed by atoms with van der Waals surface area (Å²) >= 11 is 0. The number of hydrogen-bond acceptors (Lipinski definition) is 3. The molecule has 2 N–H and O–H groups in total. The lowest BCUT2D eigenvalue weighted by Gasteiger charge is -2.08. The van der Waals surface area contributed by atoms with Crippen molar-refractivity contribution in [3.05, 3.63) is 17.7 Å². The molecule has 0 fully saturated rings. The van der Waals surface area contributed by atoms with Crippen LogP contribution in [-0.2, 0) is 17.8 Å². The van der Waals surface area contributed by atoms with Crippen LogP contribution in [0.15, 0.2) is 6.20 Å². The zero-order chi connectivity index (χ0) is 10.4. The van der Waals surface area contributed by atoms with E-state index in [0.717, 1.165) is 37.7 Å². The molecule has 1 aromatic rings. The Morgan fingerprint density at radius 3 is 3.00 bits per heavy atom. The van der Waals surface area contributed by atoms with Gasteiger partial charge < -0.3 is 15.0 Å². The van der Waals surface area contributed by atoms with Crippen molar-refractivity contribution in [3.8, 4) is 0 Å². The van der Waals surface area contributed by atoms with E-state index in [0.29, 0.717) is 6.54 Å². The Hall–Kier alpha value is -0.870. The number of ether oxygens (including phenoxy) is 1. The Morgan fingerprint density at radius 1 is 1.57 bits per heavy atom. The van der Waals surface area contributed by atoms with Crippen LogP contribution in [0.1, 0.15) is 24.9 Å². The van der Waals surface area contributed by atoms with Crippen LogP contribution in [0.3, 0.4) is 0 Å². The molecule has 0 radical (unpaired) electrons. The third kappa shape index (κ3) is 2.82. The van der Waals surface area contributed by atoms with Gasteiger partial charge in [-0.25, -0.2) is 4.98 Å². The Bertz CT molecular complexity index is 270. The molecule has 0 aliphatic rings. The van der Waals surface area contributed by atoms with Gasteiger partial charge in [0, 0.05) is 32.5 Å². The predicted octanol–water partition coefficient (Wildman–Crippen LogP) is 1.08. The first kappa shape index (κ1) is 11.2. The summed E-state index contributed by atoms with van der Waals surface area (Å²) in [6, 6.07) is 0. The zero-order valence-electron chi connectivity index (χ0n) is 8.99. The van der Waals surface area contributed by atoms with Crippen molar-refractivity contribution in [2.45, 2.75) is 33.4 Å². The van der Waals surface area contributed by atoms with Crippen LogP contribution >= 0.6 is 0 Å². The minimum atomic E-state index is 0.551. The maximum absolute atomic E-state index is 5.60. The second kappa shape index (κ2) is 5.78. The van der Waals surface area contributed by atoms with E-state index >= 15 is 0 Å². The lowest BCUT2D eigenvalue weighted by atomic mass is 10.4. The Kier molecular flexibility index (Phi) is 4.62. The van der Waals surface area contributed by atoms with Gasteiger partial charge in [-0.05, 0) is 20.3 Å². The van der Waals surface area contributed by atoms with Crippen molar-refractivity contribution < 1.29 is 4.74 Å². The van der Waals surface area contributed by atoms with E-state index in [4.69, 9.17) is 10.5 Å². The molecule has 14 heavy (non-hydrogen) atoms. The molecule has 1 heterocycles. The molecule has 0 saturated heterocycles. The van der Waals surface area contributed by atoms with Crippen LogP contribution in [-0.4, -0.2) is 22.8 Å². The van der Waals surface area contributed by atoms with Crippen LogP contribution in [0.4, 0.5) is 0 Å². The third-order valence-electron chi connectivity index (χ3n) is 2.22. The smallest absolute Gasteiger partial charge is 0.105 e. The van der Waals surface area contributed by atoms with Crippen molar-refractivity contribution in [2.24, 2.45) is 5.73 Å². The average Bonchev–Trinajstić information content (AvgIpc) is 2.55. The summed E-state index contributed by atoms with van der Waals surface area (Å²) in [6.07, 6.45) is 2.86. The van der Waals surface area contributed by atoms with E-state index < -0.39 is 0 Å². The van der Waals surface area contributed by atoms with Gasteiger partial charge in [-0.2, -0.15) is 0 Å². The fraction of sp³-hybridized carbons (Fsp3) is 0.700. The van der Waals surface area contributed by atoms with E-state index in [1.54, 1.807) is 0 Å². The highest BCUT2D eigenvalue weighted by molar-refractivity contribution is 5.03. The summed E-state index contributed by atoms with van der Waals surface area (Å²) in [6.45, 7) is 7.09. The van der Waals surface area contributed by atoms with E-state index in [1.165, 1.54) is 0 Å². The van der Waals surface area contributed by atoms with Crippen molar-refractivity contribution in [1.29, 1.82) is 0 Å². The number of imidazole rings is 1. The van der Waals surface area contributed by atoms with E-state index in [9.17, 15) is 0 Å². The largest absolute Gasteiger partial charge is 0.382 e. The Morgan fingerprint density at radius 2 is 2.36 bits per heavy atom. The number of nitrogens with two attached hydrogens (primary N) is 1. The average molecular weight is 197 g/mol. The Balaban J connectivity index is 2.44. The standard InChI is InChI=1S/C10H19N3O/c1-3-14-6-4-5-13-9(2)12-8-10(13)7-11/h8H,3-7,11H2,1-2H3. The molecule has 1 rings (SSSR count). The molecule has 0 aliphatic carbocycles. The number of hydrogen-bond donors (Lipinski definition) is 1. The van der Waals surface area contributed by atoms with Gasteiger partial charge in [-0.1, -0.05) is 0 Å². The van der Waals surface area contributed by atoms with Gasteiger partial charge in [0.15, 0.2) is 0 Å². The van der Waals surface area contributed by atoms with E-state index in [-0.39, 0.29) is 0 Å². The van der Waals surface area contributed by atoms with Gasteiger partial charge in [0.05, 0.1) is 5.69 Å². The molecule has 0 bridgehead atoms. The topological polar surface area (TPSA) is 53.1 Å². The highest BCUT2D eigenvalue weighted by Crippen LogP contribution is 2.05. The minimum Gasteiger partial charge on any atom is -0.382 e. The maximum Gasteiger partial charge on any atom is 0.105 e. The molecule has 0 aromatic carbocycles. The van der Waals surface area contributed by atoms with Gasteiger partial charge in [0.25, 0.3) is 0 Å². The van der Waals surface area contributed by atoms with Gasteiger partial charge in [-0.3, -0.25) is 0 Å². The van der Waals surface area contributed by atoms with Gasteiger partial charge in [0.2, 0.25) is 0 Å². The second-order valence-corrected chi connectivity index (χ2v) is 3.20. The first-order valence-corrected chi connectivity index (χ1v) is 5.08. The summed E-state index contributed by atoms with van der Waals surface area (Å²) in [5.74, 6) is 1.03. The summed E-state index contributed by atoms with van der Waals surface area (Å²) in [4.78, 5) is 4.23. The van der Waals surface area contributed by atoms with Gasteiger partial charge >= 0.3 is 0 Å². The molecule has 0 unspecified atom stereocenters. The monoisotopic (exact) mass is 197 g/mol. The molecule has 0 saturated carbocycles. The first-order chi connectivity index (χ1) is 6.79. The summed E-state index contributed by atoms with van der Waals surface area (Å²) in [7, 11) is 0. The lowest BCUT2D eigenvalue weighted by molar-refractivity contribution is 0.141. The maximum atomic E-state index is 5.60. The molecule has 0 amide bonds. The highest BCUT2D eigenvalue weighted by atomic mass is 16.5. The SMILES string of the molecule is CCOCCCn1c(CN)cnc1C. The molecular formula is C10H19N3O. The molecule has 0 atom stereocenters. The molecule has 0 aliphatic heterocycles. The highest BCUT2D eigenvalue weighted by Gasteiger charge is 2.03. The normalized spacial score (nSPS) is 10.8. The second-order valence-electron chi connectivity index (χ2n) is 3.20. The summed E-state index contributed by atoms with van der Waals surface area (Å²) in [5.41, 5.74) is 6.70. The van der Waals surface area contributed by atoms with Crippen LogP contribution in [0, 0.1) is 6.92 Å². The van der Waals surface area contributed by atoms with Crippen LogP contribution < -0.4 is 5.73 Å². The lowest BCUT2D eigenvalue weighted by Crippen LogP contribution is -2.10. The first-order valence-electron chi connectivity index (χ1n) is 5.08.